The molecule has 2 heterocycles. The van der Waals surface area contributed by atoms with Crippen LogP contribution in [0.15, 0.2) is 18.2 Å². The fraction of sp³-hybridized carbons (Fsp3) is 0.455. The zero-order valence-corrected chi connectivity index (χ0v) is 8.60. The Bertz CT molecular complexity index is 374. The van der Waals surface area contributed by atoms with Gasteiger partial charge in [0.2, 0.25) is 0 Å². The maximum absolute atomic E-state index is 6.00. The summed E-state index contributed by atoms with van der Waals surface area (Å²) in [6, 6.07) is 5.89. The van der Waals surface area contributed by atoms with Crippen molar-refractivity contribution in [2.24, 2.45) is 0 Å². The van der Waals surface area contributed by atoms with E-state index in [1.165, 1.54) is 12.0 Å². The van der Waals surface area contributed by atoms with Crippen molar-refractivity contribution in [2.75, 3.05) is 13.2 Å². The van der Waals surface area contributed by atoms with Crippen LogP contribution in [-0.2, 0) is 5.54 Å². The van der Waals surface area contributed by atoms with E-state index in [1.807, 2.05) is 18.2 Å². The van der Waals surface area contributed by atoms with Crippen LogP contribution in [0.1, 0.15) is 18.4 Å². The second-order valence-electron chi connectivity index (χ2n) is 4.00. The van der Waals surface area contributed by atoms with Crippen LogP contribution in [0, 0.1) is 0 Å². The minimum absolute atomic E-state index is 0.165. The summed E-state index contributed by atoms with van der Waals surface area (Å²) < 4.78 is 5.61. The van der Waals surface area contributed by atoms with Crippen LogP contribution in [0.4, 0.5) is 0 Å². The summed E-state index contributed by atoms with van der Waals surface area (Å²) >= 11 is 6.00. The van der Waals surface area contributed by atoms with E-state index in [0.29, 0.717) is 0 Å². The van der Waals surface area contributed by atoms with Crippen LogP contribution in [0.2, 0.25) is 5.02 Å². The molecule has 0 amide bonds. The molecule has 1 N–H and O–H groups in total. The van der Waals surface area contributed by atoms with E-state index in [-0.39, 0.29) is 5.54 Å². The van der Waals surface area contributed by atoms with Gasteiger partial charge in [0.1, 0.15) is 5.75 Å². The molecule has 3 heteroatoms. The molecule has 1 aromatic rings. The number of nitrogens with one attached hydrogen (secondary N) is 1. The van der Waals surface area contributed by atoms with Crippen molar-refractivity contribution in [2.45, 2.75) is 18.4 Å². The molecule has 0 radical (unpaired) electrons. The van der Waals surface area contributed by atoms with Crippen molar-refractivity contribution < 1.29 is 4.74 Å². The van der Waals surface area contributed by atoms with Gasteiger partial charge >= 0.3 is 0 Å². The van der Waals surface area contributed by atoms with Crippen LogP contribution in [0.5, 0.6) is 5.75 Å². The molecule has 0 aromatic heterocycles. The highest BCUT2D eigenvalue weighted by atomic mass is 35.5. The Morgan fingerprint density at radius 1 is 1.36 bits per heavy atom. The average Bonchev–Trinajstić information content (AvgIpc) is 2.14. The van der Waals surface area contributed by atoms with E-state index in [1.54, 1.807) is 0 Å². The van der Waals surface area contributed by atoms with Gasteiger partial charge in [-0.05, 0) is 31.2 Å². The van der Waals surface area contributed by atoms with E-state index < -0.39 is 0 Å². The monoisotopic (exact) mass is 209 g/mol. The Labute approximate surface area is 88.2 Å². The standard InChI is InChI=1S/C11H12ClNO/c12-8-1-2-10-9(7-8)11(3-5-13-11)4-6-14-10/h1-2,7,13H,3-6H2/t11-/m0/s1. The number of hydrogen-bond acceptors (Lipinski definition) is 2. The molecular weight excluding hydrogens is 198 g/mol. The van der Waals surface area contributed by atoms with Crippen molar-refractivity contribution in [3.8, 4) is 5.75 Å². The van der Waals surface area contributed by atoms with Gasteiger partial charge in [0.15, 0.2) is 0 Å². The predicted octanol–water partition coefficient (Wildman–Crippen LogP) is 2.31. The molecule has 1 atom stereocenters. The minimum atomic E-state index is 0.165. The zero-order valence-electron chi connectivity index (χ0n) is 7.85. The number of hydrogen-bond donors (Lipinski definition) is 1. The fourth-order valence-electron chi connectivity index (χ4n) is 2.34. The summed E-state index contributed by atoms with van der Waals surface area (Å²) in [6.07, 6.45) is 2.25. The Kier molecular flexibility index (Phi) is 1.76. The molecule has 1 fully saturated rings. The Balaban J connectivity index is 2.12. The van der Waals surface area contributed by atoms with Crippen LogP contribution >= 0.6 is 11.6 Å². The number of benzene rings is 1. The predicted molar refractivity (Wildman–Crippen MR) is 55.9 cm³/mol. The van der Waals surface area contributed by atoms with Gasteiger partial charge in [0.25, 0.3) is 0 Å². The van der Waals surface area contributed by atoms with E-state index in [4.69, 9.17) is 16.3 Å². The molecular formula is C11H12ClNO. The van der Waals surface area contributed by atoms with Gasteiger partial charge in [-0.2, -0.15) is 0 Å². The Morgan fingerprint density at radius 3 is 2.93 bits per heavy atom. The smallest absolute Gasteiger partial charge is 0.124 e. The van der Waals surface area contributed by atoms with Gasteiger partial charge in [-0.1, -0.05) is 11.6 Å². The number of halogens is 1. The second-order valence-corrected chi connectivity index (χ2v) is 4.43. The summed E-state index contributed by atoms with van der Waals surface area (Å²) in [4.78, 5) is 0. The van der Waals surface area contributed by atoms with Gasteiger partial charge in [0.05, 0.1) is 12.1 Å². The molecule has 2 nitrogen and oxygen atoms in total. The molecule has 1 spiro atoms. The molecule has 0 saturated carbocycles. The molecule has 74 valence electrons. The topological polar surface area (TPSA) is 21.3 Å². The third kappa shape index (κ3) is 1.07. The molecule has 1 saturated heterocycles. The van der Waals surface area contributed by atoms with Crippen molar-refractivity contribution >= 4 is 11.6 Å². The maximum atomic E-state index is 6.00. The van der Waals surface area contributed by atoms with E-state index in [9.17, 15) is 0 Å². The van der Waals surface area contributed by atoms with Crippen LogP contribution in [0.25, 0.3) is 0 Å². The number of ether oxygens (including phenoxy) is 1. The summed E-state index contributed by atoms with van der Waals surface area (Å²) in [5.41, 5.74) is 1.40. The highest BCUT2D eigenvalue weighted by Crippen LogP contribution is 2.43. The molecule has 2 aliphatic rings. The SMILES string of the molecule is Clc1ccc2c(c1)[C@]1(CCN1)CCO2. The first-order valence-electron chi connectivity index (χ1n) is 4.98. The molecule has 3 rings (SSSR count). The number of rotatable bonds is 0. The fourth-order valence-corrected chi connectivity index (χ4v) is 2.51. The van der Waals surface area contributed by atoms with E-state index >= 15 is 0 Å². The average molecular weight is 210 g/mol. The van der Waals surface area contributed by atoms with E-state index in [0.717, 1.165) is 30.3 Å². The molecule has 0 unspecified atom stereocenters. The summed E-state index contributed by atoms with van der Waals surface area (Å²) in [5.74, 6) is 0.993. The quantitative estimate of drug-likeness (QED) is 0.708. The van der Waals surface area contributed by atoms with Gasteiger partial charge in [-0.15, -0.1) is 0 Å². The normalized spacial score (nSPS) is 29.2. The van der Waals surface area contributed by atoms with Gasteiger partial charge in [0, 0.05) is 17.0 Å². The summed E-state index contributed by atoms with van der Waals surface area (Å²) in [5, 5.41) is 4.30. The summed E-state index contributed by atoms with van der Waals surface area (Å²) in [7, 11) is 0. The van der Waals surface area contributed by atoms with Gasteiger partial charge in [-0.25, -0.2) is 0 Å². The van der Waals surface area contributed by atoms with Crippen LogP contribution in [-0.4, -0.2) is 13.2 Å². The second kappa shape index (κ2) is 2.88. The number of fused-ring (bicyclic) bond motifs is 2. The molecule has 0 bridgehead atoms. The molecule has 2 aliphatic heterocycles. The van der Waals surface area contributed by atoms with Gasteiger partial charge < -0.3 is 10.1 Å². The first-order chi connectivity index (χ1) is 6.80. The molecule has 14 heavy (non-hydrogen) atoms. The Hall–Kier alpha value is -0.730. The minimum Gasteiger partial charge on any atom is -0.493 e. The lowest BCUT2D eigenvalue weighted by Crippen LogP contribution is -2.56. The summed E-state index contributed by atoms with van der Waals surface area (Å²) in [6.45, 7) is 1.91. The third-order valence-corrected chi connectivity index (χ3v) is 3.49. The first kappa shape index (κ1) is 8.57. The van der Waals surface area contributed by atoms with Crippen molar-refractivity contribution in [1.82, 2.24) is 5.32 Å². The maximum Gasteiger partial charge on any atom is 0.124 e. The largest absolute Gasteiger partial charge is 0.493 e. The van der Waals surface area contributed by atoms with Gasteiger partial charge in [-0.3, -0.25) is 0 Å². The lowest BCUT2D eigenvalue weighted by Gasteiger charge is -2.47. The highest BCUT2D eigenvalue weighted by Gasteiger charge is 2.42. The van der Waals surface area contributed by atoms with Crippen molar-refractivity contribution in [1.29, 1.82) is 0 Å². The highest BCUT2D eigenvalue weighted by molar-refractivity contribution is 6.30. The van der Waals surface area contributed by atoms with Crippen LogP contribution in [0.3, 0.4) is 0 Å². The van der Waals surface area contributed by atoms with E-state index in [2.05, 4.69) is 5.32 Å². The molecule has 1 aromatic carbocycles. The molecule has 0 aliphatic carbocycles. The van der Waals surface area contributed by atoms with Crippen molar-refractivity contribution in [3.05, 3.63) is 28.8 Å². The lowest BCUT2D eigenvalue weighted by atomic mass is 9.77. The Morgan fingerprint density at radius 2 is 2.21 bits per heavy atom. The first-order valence-corrected chi connectivity index (χ1v) is 5.36. The lowest BCUT2D eigenvalue weighted by molar-refractivity contribution is 0.122. The van der Waals surface area contributed by atoms with Crippen molar-refractivity contribution in [3.63, 3.8) is 0 Å². The third-order valence-electron chi connectivity index (χ3n) is 3.26. The van der Waals surface area contributed by atoms with Crippen LogP contribution < -0.4 is 10.1 Å². The zero-order chi connectivity index (χ0) is 9.60.